The number of halogens is 2. The Labute approximate surface area is 111 Å². The molecule has 0 fully saturated rings. The summed E-state index contributed by atoms with van der Waals surface area (Å²) in [5.41, 5.74) is 7.57. The summed E-state index contributed by atoms with van der Waals surface area (Å²) >= 11 is 0. The molecule has 0 saturated heterocycles. The van der Waals surface area contributed by atoms with Crippen LogP contribution in [-0.4, -0.2) is 16.7 Å². The Morgan fingerprint density at radius 1 is 1.44 bits per heavy atom. The van der Waals surface area contributed by atoms with Gasteiger partial charge in [-0.15, -0.1) is 12.4 Å². The SMILES string of the molecule is COc1ccc([C@H](N)c2cncn2C)cc1F.Cl. The van der Waals surface area contributed by atoms with E-state index in [0.717, 1.165) is 5.69 Å². The van der Waals surface area contributed by atoms with E-state index >= 15 is 0 Å². The highest BCUT2D eigenvalue weighted by molar-refractivity contribution is 5.85. The smallest absolute Gasteiger partial charge is 0.165 e. The van der Waals surface area contributed by atoms with Crippen LogP contribution in [0, 0.1) is 5.82 Å². The van der Waals surface area contributed by atoms with Crippen molar-refractivity contribution in [1.82, 2.24) is 9.55 Å². The molecule has 4 nitrogen and oxygen atoms in total. The lowest BCUT2D eigenvalue weighted by atomic mass is 10.0. The molecule has 98 valence electrons. The van der Waals surface area contributed by atoms with Crippen LogP contribution >= 0.6 is 12.4 Å². The van der Waals surface area contributed by atoms with Crippen LogP contribution in [0.1, 0.15) is 17.3 Å². The molecule has 0 spiro atoms. The molecule has 0 unspecified atom stereocenters. The maximum atomic E-state index is 13.6. The Balaban J connectivity index is 0.00000162. The van der Waals surface area contributed by atoms with E-state index < -0.39 is 11.9 Å². The summed E-state index contributed by atoms with van der Waals surface area (Å²) in [4.78, 5) is 3.99. The van der Waals surface area contributed by atoms with Crippen LogP contribution < -0.4 is 10.5 Å². The van der Waals surface area contributed by atoms with E-state index in [0.29, 0.717) is 5.56 Å². The summed E-state index contributed by atoms with van der Waals surface area (Å²) in [6.07, 6.45) is 3.34. The number of hydrogen-bond acceptors (Lipinski definition) is 3. The number of nitrogens with two attached hydrogens (primary N) is 1. The second-order valence-corrected chi connectivity index (χ2v) is 3.80. The number of aromatic nitrogens is 2. The maximum Gasteiger partial charge on any atom is 0.165 e. The summed E-state index contributed by atoms with van der Waals surface area (Å²) < 4.78 is 20.2. The van der Waals surface area contributed by atoms with Crippen LogP contribution in [0.25, 0.3) is 0 Å². The third-order valence-electron chi connectivity index (χ3n) is 2.71. The van der Waals surface area contributed by atoms with Gasteiger partial charge in [-0.3, -0.25) is 0 Å². The zero-order valence-electron chi connectivity index (χ0n) is 10.1. The van der Waals surface area contributed by atoms with Gasteiger partial charge in [0.05, 0.1) is 31.4 Å². The van der Waals surface area contributed by atoms with Crippen molar-refractivity contribution in [3.8, 4) is 5.75 Å². The van der Waals surface area contributed by atoms with Gasteiger partial charge in [-0.1, -0.05) is 6.07 Å². The highest BCUT2D eigenvalue weighted by Gasteiger charge is 2.14. The van der Waals surface area contributed by atoms with Crippen molar-refractivity contribution in [2.24, 2.45) is 12.8 Å². The van der Waals surface area contributed by atoms with Crippen molar-refractivity contribution in [2.75, 3.05) is 7.11 Å². The lowest BCUT2D eigenvalue weighted by molar-refractivity contribution is 0.386. The largest absolute Gasteiger partial charge is 0.494 e. The van der Waals surface area contributed by atoms with Gasteiger partial charge in [-0.2, -0.15) is 0 Å². The minimum atomic E-state index is -0.414. The molecule has 0 bridgehead atoms. The zero-order valence-corrected chi connectivity index (χ0v) is 10.9. The van der Waals surface area contributed by atoms with Crippen molar-refractivity contribution >= 4 is 12.4 Å². The summed E-state index contributed by atoms with van der Waals surface area (Å²) in [6, 6.07) is 4.31. The summed E-state index contributed by atoms with van der Waals surface area (Å²) in [5.74, 6) is -0.200. The molecule has 1 heterocycles. The topological polar surface area (TPSA) is 53.1 Å². The van der Waals surface area contributed by atoms with Crippen molar-refractivity contribution in [3.63, 3.8) is 0 Å². The van der Waals surface area contributed by atoms with Gasteiger partial charge in [-0.05, 0) is 17.7 Å². The van der Waals surface area contributed by atoms with Gasteiger partial charge in [0.15, 0.2) is 11.6 Å². The molecule has 2 aromatic rings. The number of ether oxygens (including phenoxy) is 1. The highest BCUT2D eigenvalue weighted by Crippen LogP contribution is 2.24. The molecular weight excluding hydrogens is 257 g/mol. The van der Waals surface area contributed by atoms with Gasteiger partial charge in [0.1, 0.15) is 0 Å². The number of hydrogen-bond donors (Lipinski definition) is 1. The van der Waals surface area contributed by atoms with Crippen LogP contribution in [0.4, 0.5) is 4.39 Å². The molecule has 2 N–H and O–H groups in total. The number of benzene rings is 1. The minimum Gasteiger partial charge on any atom is -0.494 e. The number of rotatable bonds is 3. The first-order valence-corrected chi connectivity index (χ1v) is 5.18. The molecule has 1 atom stereocenters. The summed E-state index contributed by atoms with van der Waals surface area (Å²) in [5, 5.41) is 0. The number of imidazole rings is 1. The van der Waals surface area contributed by atoms with Gasteiger partial charge < -0.3 is 15.0 Å². The monoisotopic (exact) mass is 271 g/mol. The molecule has 2 rings (SSSR count). The Morgan fingerprint density at radius 3 is 2.67 bits per heavy atom. The van der Waals surface area contributed by atoms with Gasteiger partial charge in [-0.25, -0.2) is 9.37 Å². The molecule has 0 aliphatic heterocycles. The molecule has 1 aromatic heterocycles. The van der Waals surface area contributed by atoms with E-state index in [-0.39, 0.29) is 18.2 Å². The third kappa shape index (κ3) is 2.63. The van der Waals surface area contributed by atoms with Crippen LogP contribution in [0.3, 0.4) is 0 Å². The molecule has 18 heavy (non-hydrogen) atoms. The number of aryl methyl sites for hydroxylation is 1. The Hall–Kier alpha value is -1.59. The van der Waals surface area contributed by atoms with Crippen molar-refractivity contribution < 1.29 is 9.13 Å². The van der Waals surface area contributed by atoms with Crippen LogP contribution in [0.2, 0.25) is 0 Å². The van der Waals surface area contributed by atoms with Crippen LogP contribution in [-0.2, 0) is 7.05 Å². The lowest BCUT2D eigenvalue weighted by Crippen LogP contribution is -2.15. The zero-order chi connectivity index (χ0) is 12.4. The first-order valence-electron chi connectivity index (χ1n) is 5.18. The predicted octanol–water partition coefficient (Wildman–Crippen LogP) is 2.04. The highest BCUT2D eigenvalue weighted by atomic mass is 35.5. The second kappa shape index (κ2) is 5.84. The molecule has 0 aliphatic rings. The Kier molecular flexibility index (Phi) is 4.69. The lowest BCUT2D eigenvalue weighted by Gasteiger charge is -2.13. The van der Waals surface area contributed by atoms with Gasteiger partial charge in [0, 0.05) is 7.05 Å². The fourth-order valence-electron chi connectivity index (χ4n) is 1.71. The molecule has 0 saturated carbocycles. The molecule has 6 heteroatoms. The summed E-state index contributed by atoms with van der Waals surface area (Å²) in [6.45, 7) is 0. The standard InChI is InChI=1S/C12H14FN3O.ClH/c1-16-7-15-6-10(16)12(14)8-3-4-11(17-2)9(13)5-8;/h3-7,12H,14H2,1-2H3;1H/t12-;/m0./s1. The normalized spacial score (nSPS) is 11.8. The van der Waals surface area contributed by atoms with Crippen LogP contribution in [0.15, 0.2) is 30.7 Å². The van der Waals surface area contributed by atoms with E-state index in [9.17, 15) is 4.39 Å². The molecular formula is C12H15ClFN3O. The molecule has 1 aromatic carbocycles. The van der Waals surface area contributed by atoms with Crippen molar-refractivity contribution in [3.05, 3.63) is 47.8 Å². The molecule has 0 amide bonds. The number of methoxy groups -OCH3 is 1. The van der Waals surface area contributed by atoms with Crippen molar-refractivity contribution in [1.29, 1.82) is 0 Å². The predicted molar refractivity (Wildman–Crippen MR) is 69.4 cm³/mol. The van der Waals surface area contributed by atoms with Gasteiger partial charge >= 0.3 is 0 Å². The Morgan fingerprint density at radius 2 is 2.17 bits per heavy atom. The molecule has 0 aliphatic carbocycles. The quantitative estimate of drug-likeness (QED) is 0.929. The van der Waals surface area contributed by atoms with E-state index in [1.54, 1.807) is 24.7 Å². The Bertz CT molecular complexity index is 530. The van der Waals surface area contributed by atoms with Crippen LogP contribution in [0.5, 0.6) is 5.75 Å². The second-order valence-electron chi connectivity index (χ2n) is 3.80. The first kappa shape index (κ1) is 14.5. The first-order chi connectivity index (χ1) is 8.13. The molecule has 0 radical (unpaired) electrons. The van der Waals surface area contributed by atoms with E-state index in [1.165, 1.54) is 13.2 Å². The van der Waals surface area contributed by atoms with E-state index in [2.05, 4.69) is 4.98 Å². The fourth-order valence-corrected chi connectivity index (χ4v) is 1.71. The summed E-state index contributed by atoms with van der Waals surface area (Å²) in [7, 11) is 3.28. The van der Waals surface area contributed by atoms with Gasteiger partial charge in [0.2, 0.25) is 0 Å². The van der Waals surface area contributed by atoms with E-state index in [4.69, 9.17) is 10.5 Å². The maximum absolute atomic E-state index is 13.6. The van der Waals surface area contributed by atoms with Gasteiger partial charge in [0.25, 0.3) is 0 Å². The average Bonchev–Trinajstić information content (AvgIpc) is 2.74. The third-order valence-corrected chi connectivity index (χ3v) is 2.71. The number of nitrogens with zero attached hydrogens (tertiary/aromatic N) is 2. The average molecular weight is 272 g/mol. The minimum absolute atomic E-state index is 0. The van der Waals surface area contributed by atoms with Crippen molar-refractivity contribution in [2.45, 2.75) is 6.04 Å². The van der Waals surface area contributed by atoms with E-state index in [1.807, 2.05) is 11.6 Å². The fraction of sp³-hybridized carbons (Fsp3) is 0.250.